The highest BCUT2D eigenvalue weighted by molar-refractivity contribution is 7.20. The van der Waals surface area contributed by atoms with E-state index in [1.165, 1.54) is 22.5 Å². The molecular formula is C28H27N5S. The molecule has 1 aromatic heterocycles. The van der Waals surface area contributed by atoms with Gasteiger partial charge in [0.2, 0.25) is 0 Å². The smallest absolute Gasteiger partial charge is 0.183 e. The first-order valence-corrected chi connectivity index (χ1v) is 12.1. The number of rotatable bonds is 4. The lowest BCUT2D eigenvalue weighted by Gasteiger charge is -2.23. The van der Waals surface area contributed by atoms with Gasteiger partial charge in [0.25, 0.3) is 0 Å². The number of benzene rings is 3. The molecule has 34 heavy (non-hydrogen) atoms. The molecule has 0 saturated carbocycles. The Morgan fingerprint density at radius 1 is 1.00 bits per heavy atom. The second-order valence-corrected chi connectivity index (χ2v) is 9.96. The number of thiazole rings is 1. The van der Waals surface area contributed by atoms with Gasteiger partial charge in [-0.15, -0.1) is 11.3 Å². The van der Waals surface area contributed by atoms with Crippen LogP contribution in [0.4, 0.5) is 11.4 Å². The normalized spacial score (nSPS) is 16.5. The summed E-state index contributed by atoms with van der Waals surface area (Å²) in [5.74, 6) is 0.627. The van der Waals surface area contributed by atoms with E-state index in [0.717, 1.165) is 20.9 Å². The minimum atomic E-state index is -0.0940. The van der Waals surface area contributed by atoms with Crippen LogP contribution in [0.3, 0.4) is 0 Å². The third kappa shape index (κ3) is 4.13. The van der Waals surface area contributed by atoms with Gasteiger partial charge in [-0.25, -0.2) is 9.98 Å². The van der Waals surface area contributed by atoms with E-state index in [-0.39, 0.29) is 5.41 Å². The average Bonchev–Trinajstić information content (AvgIpc) is 3.35. The van der Waals surface area contributed by atoms with Crippen LogP contribution in [0.25, 0.3) is 10.2 Å². The monoisotopic (exact) mass is 465 g/mol. The molecule has 0 atom stereocenters. The van der Waals surface area contributed by atoms with Gasteiger partial charge < -0.3 is 4.90 Å². The van der Waals surface area contributed by atoms with Crippen LogP contribution in [-0.2, 0) is 5.41 Å². The van der Waals surface area contributed by atoms with E-state index in [1.54, 1.807) is 17.6 Å². The second kappa shape index (κ2) is 8.88. The maximum Gasteiger partial charge on any atom is 0.183 e. The lowest BCUT2D eigenvalue weighted by molar-refractivity contribution is 0.641. The number of aromatic nitrogens is 1. The fourth-order valence-corrected chi connectivity index (χ4v) is 5.26. The SMILES string of the molecule is Cc1ccc(N=C(NN=CC=C2N(C)c3ccccc3C2(C)C)c2nc3ccccc3s2)cc1. The molecule has 170 valence electrons. The number of nitrogens with one attached hydrogen (secondary N) is 1. The first-order valence-electron chi connectivity index (χ1n) is 11.3. The largest absolute Gasteiger partial charge is 0.347 e. The molecule has 5 nitrogen and oxygen atoms in total. The summed E-state index contributed by atoms with van der Waals surface area (Å²) < 4.78 is 1.12. The van der Waals surface area contributed by atoms with Crippen molar-refractivity contribution in [1.82, 2.24) is 10.4 Å². The number of hydrogen-bond donors (Lipinski definition) is 1. The molecule has 0 saturated heterocycles. The Kier molecular flexibility index (Phi) is 5.75. The number of aryl methyl sites for hydroxylation is 1. The molecule has 0 radical (unpaired) electrons. The molecule has 6 heteroatoms. The van der Waals surface area contributed by atoms with Crippen LogP contribution in [0.15, 0.2) is 94.7 Å². The highest BCUT2D eigenvalue weighted by Gasteiger charge is 2.37. The fraction of sp³-hybridized carbons (Fsp3) is 0.179. The molecule has 1 N–H and O–H groups in total. The molecule has 2 heterocycles. The van der Waals surface area contributed by atoms with Crippen LogP contribution in [0.2, 0.25) is 0 Å². The van der Waals surface area contributed by atoms with Crippen molar-refractivity contribution in [1.29, 1.82) is 0 Å². The summed E-state index contributed by atoms with van der Waals surface area (Å²) in [6.07, 6.45) is 3.87. The summed E-state index contributed by atoms with van der Waals surface area (Å²) in [7, 11) is 2.10. The Bertz CT molecular complexity index is 1390. The number of anilines is 1. The minimum absolute atomic E-state index is 0.0940. The number of aliphatic imine (C=N–C) groups is 1. The highest BCUT2D eigenvalue weighted by Crippen LogP contribution is 2.46. The third-order valence-electron chi connectivity index (χ3n) is 6.19. The van der Waals surface area contributed by atoms with Crippen molar-refractivity contribution in [2.24, 2.45) is 10.1 Å². The van der Waals surface area contributed by atoms with Gasteiger partial charge in [-0.2, -0.15) is 5.10 Å². The Labute approximate surface area is 204 Å². The van der Waals surface area contributed by atoms with Crippen molar-refractivity contribution in [3.8, 4) is 0 Å². The lowest BCUT2D eigenvalue weighted by atomic mass is 9.84. The standard InChI is InChI=1S/C28H27N5S/c1-19-13-15-20(16-14-19)30-26(27-31-22-10-6-8-12-24(22)34-27)32-29-18-17-25-28(2,3)21-9-5-7-11-23(21)33(25)4/h5-18H,1-4H3,(H,30,32). The number of para-hydroxylation sites is 2. The van der Waals surface area contributed by atoms with E-state index in [9.17, 15) is 0 Å². The van der Waals surface area contributed by atoms with Crippen LogP contribution in [0.1, 0.15) is 30.0 Å². The van der Waals surface area contributed by atoms with E-state index < -0.39 is 0 Å². The van der Waals surface area contributed by atoms with Crippen molar-refractivity contribution in [3.05, 3.63) is 101 Å². The molecule has 0 spiro atoms. The number of allylic oxidation sites excluding steroid dienone is 2. The fourth-order valence-electron chi connectivity index (χ4n) is 4.35. The first kappa shape index (κ1) is 22.0. The van der Waals surface area contributed by atoms with Crippen molar-refractivity contribution in [2.45, 2.75) is 26.2 Å². The van der Waals surface area contributed by atoms with Gasteiger partial charge in [0.1, 0.15) is 0 Å². The van der Waals surface area contributed by atoms with Crippen LogP contribution in [0, 0.1) is 6.92 Å². The molecule has 0 fully saturated rings. The average molecular weight is 466 g/mol. The quantitative estimate of drug-likeness (QED) is 0.211. The number of likely N-dealkylation sites (N-methyl/N-ethyl adjacent to an activating group) is 1. The summed E-state index contributed by atoms with van der Waals surface area (Å²) >= 11 is 1.60. The Morgan fingerprint density at radius 2 is 1.74 bits per heavy atom. The number of fused-ring (bicyclic) bond motifs is 2. The van der Waals surface area contributed by atoms with Crippen molar-refractivity contribution in [3.63, 3.8) is 0 Å². The molecule has 0 amide bonds. The van der Waals surface area contributed by atoms with Gasteiger partial charge in [-0.1, -0.05) is 61.9 Å². The third-order valence-corrected chi connectivity index (χ3v) is 7.23. The van der Waals surface area contributed by atoms with Gasteiger partial charge in [0.15, 0.2) is 10.8 Å². The zero-order valence-electron chi connectivity index (χ0n) is 19.8. The summed E-state index contributed by atoms with van der Waals surface area (Å²) in [6.45, 7) is 6.56. The van der Waals surface area contributed by atoms with Crippen LogP contribution < -0.4 is 10.3 Å². The van der Waals surface area contributed by atoms with Crippen molar-refractivity contribution in [2.75, 3.05) is 11.9 Å². The number of amidine groups is 1. The molecule has 0 bridgehead atoms. The van der Waals surface area contributed by atoms with Crippen LogP contribution >= 0.6 is 11.3 Å². The minimum Gasteiger partial charge on any atom is -0.347 e. The van der Waals surface area contributed by atoms with Gasteiger partial charge >= 0.3 is 0 Å². The van der Waals surface area contributed by atoms with E-state index in [1.807, 2.05) is 30.3 Å². The molecule has 4 aromatic rings. The summed E-state index contributed by atoms with van der Waals surface area (Å²) in [5.41, 5.74) is 9.81. The molecule has 1 aliphatic rings. The topological polar surface area (TPSA) is 52.9 Å². The van der Waals surface area contributed by atoms with Gasteiger partial charge in [-0.05, 0) is 48.9 Å². The Hall–Kier alpha value is -3.77. The number of hydrogen-bond acceptors (Lipinski definition) is 5. The highest BCUT2D eigenvalue weighted by atomic mass is 32.1. The van der Waals surface area contributed by atoms with Gasteiger partial charge in [0, 0.05) is 30.1 Å². The van der Waals surface area contributed by atoms with Gasteiger partial charge in [0.05, 0.1) is 15.9 Å². The predicted molar refractivity (Wildman–Crippen MR) is 145 cm³/mol. The van der Waals surface area contributed by atoms with E-state index in [2.05, 4.69) is 91.8 Å². The molecule has 3 aromatic carbocycles. The van der Waals surface area contributed by atoms with Gasteiger partial charge in [-0.3, -0.25) is 5.43 Å². The first-order chi connectivity index (χ1) is 16.4. The maximum absolute atomic E-state index is 4.82. The molecule has 1 aliphatic heterocycles. The molecule has 5 rings (SSSR count). The Balaban J connectivity index is 1.45. The van der Waals surface area contributed by atoms with Crippen molar-refractivity contribution >= 4 is 45.0 Å². The number of nitrogens with zero attached hydrogens (tertiary/aromatic N) is 4. The maximum atomic E-state index is 4.82. The van der Waals surface area contributed by atoms with Crippen LogP contribution in [0.5, 0.6) is 0 Å². The number of hydrazone groups is 1. The summed E-state index contributed by atoms with van der Waals surface area (Å²) in [6, 6.07) is 24.8. The van der Waals surface area contributed by atoms with Crippen LogP contribution in [-0.4, -0.2) is 24.1 Å². The predicted octanol–water partition coefficient (Wildman–Crippen LogP) is 6.57. The molecular weight excluding hydrogens is 438 g/mol. The summed E-state index contributed by atoms with van der Waals surface area (Å²) in [5, 5.41) is 5.32. The molecule has 0 aliphatic carbocycles. The van der Waals surface area contributed by atoms with E-state index >= 15 is 0 Å². The van der Waals surface area contributed by atoms with E-state index in [4.69, 9.17) is 9.98 Å². The van der Waals surface area contributed by atoms with Crippen molar-refractivity contribution < 1.29 is 0 Å². The zero-order chi connectivity index (χ0) is 23.7. The lowest BCUT2D eigenvalue weighted by Crippen LogP contribution is -2.23. The summed E-state index contributed by atoms with van der Waals surface area (Å²) in [4.78, 5) is 11.8. The zero-order valence-corrected chi connectivity index (χ0v) is 20.6. The van der Waals surface area contributed by atoms with E-state index in [0.29, 0.717) is 5.84 Å². The second-order valence-electron chi connectivity index (χ2n) is 8.93. The Morgan fingerprint density at radius 3 is 2.50 bits per heavy atom. The molecule has 0 unspecified atom stereocenters.